The van der Waals surface area contributed by atoms with E-state index in [1.54, 1.807) is 43.3 Å². The van der Waals surface area contributed by atoms with Crippen molar-refractivity contribution in [1.82, 2.24) is 0 Å². The molecule has 1 unspecified atom stereocenters. The van der Waals surface area contributed by atoms with E-state index in [0.717, 1.165) is 44.3 Å². The van der Waals surface area contributed by atoms with Gasteiger partial charge in [0.15, 0.2) is 17.3 Å². The number of hydrogen-bond acceptors (Lipinski definition) is 8. The van der Waals surface area contributed by atoms with Crippen molar-refractivity contribution < 1.29 is 19.5 Å². The Morgan fingerprint density at radius 1 is 0.706 bits per heavy atom. The number of ketones is 3. The predicted molar refractivity (Wildman–Crippen MR) is 149 cm³/mol. The highest BCUT2D eigenvalue weighted by Crippen LogP contribution is 2.34. The fraction of sp³-hybridized carbons (Fsp3) is 0.423. The van der Waals surface area contributed by atoms with Crippen LogP contribution in [0.2, 0.25) is 0 Å². The molecule has 182 valence electrons. The lowest BCUT2D eigenvalue weighted by Gasteiger charge is -2.26. The van der Waals surface area contributed by atoms with Gasteiger partial charge in [0.25, 0.3) is 0 Å². The van der Waals surface area contributed by atoms with Gasteiger partial charge in [-0.15, -0.1) is 0 Å². The monoisotopic (exact) mass is 534 g/mol. The number of aliphatic hydroxyl groups excluding tert-OH is 1. The summed E-state index contributed by atoms with van der Waals surface area (Å²) in [4.78, 5) is 34.5. The highest BCUT2D eigenvalue weighted by Gasteiger charge is 2.24. The Bertz CT molecular complexity index is 963. The summed E-state index contributed by atoms with van der Waals surface area (Å²) in [6, 6.07) is 14.3. The topological polar surface area (TPSA) is 71.4 Å². The molecule has 2 saturated heterocycles. The van der Waals surface area contributed by atoms with Crippen LogP contribution in [0.15, 0.2) is 48.5 Å². The van der Waals surface area contributed by atoms with Crippen LogP contribution < -0.4 is 0 Å². The molecule has 0 aromatic heterocycles. The summed E-state index contributed by atoms with van der Waals surface area (Å²) in [7, 11) is 0. The summed E-state index contributed by atoms with van der Waals surface area (Å²) in [5.41, 5.74) is 3.01. The Hall–Kier alpha value is -1.19. The fourth-order valence-electron chi connectivity index (χ4n) is 3.62. The first-order valence-electron chi connectivity index (χ1n) is 11.1. The fourth-order valence-corrected chi connectivity index (χ4v) is 8.71. The number of carbonyl (C=O) groups excluding carboxylic acids is 3. The standard InChI is InChI=1S/C13H16O2S2.C13H14O2S2/c2*1-9(14)10-2-4-11(5-3-10)13(15)12-6-16-8-17-7-12/h2-5,12-13,15H,6-8H2,1H3;2-5,12H,6-8H2,1H3. The van der Waals surface area contributed by atoms with Crippen molar-refractivity contribution in [3.63, 3.8) is 0 Å². The van der Waals surface area contributed by atoms with Gasteiger partial charge in [0.2, 0.25) is 0 Å². The molecule has 1 atom stereocenters. The molecule has 2 aliphatic rings. The summed E-state index contributed by atoms with van der Waals surface area (Å²) in [6.45, 7) is 3.09. The summed E-state index contributed by atoms with van der Waals surface area (Å²) in [6.07, 6.45) is -0.406. The minimum Gasteiger partial charge on any atom is -0.388 e. The van der Waals surface area contributed by atoms with Gasteiger partial charge in [-0.1, -0.05) is 48.5 Å². The molecule has 0 aliphatic carbocycles. The summed E-state index contributed by atoms with van der Waals surface area (Å²) in [5, 5.41) is 12.5. The zero-order valence-corrected chi connectivity index (χ0v) is 22.7. The number of Topliss-reactive ketones (excluding diaryl/α,β-unsaturated/α-hetero) is 3. The Labute approximate surface area is 218 Å². The van der Waals surface area contributed by atoms with E-state index in [4.69, 9.17) is 0 Å². The molecule has 2 aromatic rings. The third-order valence-electron chi connectivity index (χ3n) is 5.69. The molecule has 0 amide bonds. The van der Waals surface area contributed by atoms with Crippen LogP contribution in [0, 0.1) is 11.8 Å². The van der Waals surface area contributed by atoms with Crippen molar-refractivity contribution in [3.8, 4) is 0 Å². The first-order valence-corrected chi connectivity index (χ1v) is 15.7. The van der Waals surface area contributed by atoms with Crippen molar-refractivity contribution in [2.75, 3.05) is 33.2 Å². The van der Waals surface area contributed by atoms with Crippen molar-refractivity contribution in [1.29, 1.82) is 0 Å². The van der Waals surface area contributed by atoms with E-state index in [-0.39, 0.29) is 23.3 Å². The van der Waals surface area contributed by atoms with E-state index < -0.39 is 6.10 Å². The molecule has 0 radical (unpaired) electrons. The van der Waals surface area contributed by atoms with Crippen LogP contribution in [0.4, 0.5) is 0 Å². The largest absolute Gasteiger partial charge is 0.388 e. The van der Waals surface area contributed by atoms with Crippen LogP contribution in [0.1, 0.15) is 56.6 Å². The van der Waals surface area contributed by atoms with Gasteiger partial charge in [0.1, 0.15) is 0 Å². The molecular weight excluding hydrogens is 505 g/mol. The highest BCUT2D eigenvalue weighted by molar-refractivity contribution is 8.16. The molecule has 0 bridgehead atoms. The van der Waals surface area contributed by atoms with Gasteiger partial charge in [0.05, 0.1) is 6.10 Å². The van der Waals surface area contributed by atoms with E-state index >= 15 is 0 Å². The molecule has 8 heteroatoms. The third-order valence-corrected chi connectivity index (χ3v) is 11.0. The summed E-state index contributed by atoms with van der Waals surface area (Å²) >= 11 is 7.41. The third kappa shape index (κ3) is 7.92. The second-order valence-electron chi connectivity index (χ2n) is 8.30. The zero-order valence-electron chi connectivity index (χ0n) is 19.4. The minimum absolute atomic E-state index is 0.0350. The maximum absolute atomic E-state index is 12.2. The molecule has 2 fully saturated rings. The first-order chi connectivity index (χ1) is 16.4. The van der Waals surface area contributed by atoms with Crippen LogP contribution in [0.3, 0.4) is 0 Å². The van der Waals surface area contributed by atoms with E-state index in [9.17, 15) is 19.5 Å². The minimum atomic E-state index is -0.406. The number of carbonyl (C=O) groups is 3. The van der Waals surface area contributed by atoms with Gasteiger partial charge in [0, 0.05) is 61.7 Å². The van der Waals surface area contributed by atoms with Crippen LogP contribution in [0.25, 0.3) is 0 Å². The highest BCUT2D eigenvalue weighted by atomic mass is 32.2. The molecule has 2 aromatic carbocycles. The van der Waals surface area contributed by atoms with Crippen LogP contribution in [0.5, 0.6) is 0 Å². The molecule has 0 spiro atoms. The lowest BCUT2D eigenvalue weighted by atomic mass is 9.97. The number of benzene rings is 2. The van der Waals surface area contributed by atoms with Gasteiger partial charge >= 0.3 is 0 Å². The average Bonchev–Trinajstić information content (AvgIpc) is 2.89. The second-order valence-corrected chi connectivity index (χ2v) is 13.1. The van der Waals surface area contributed by atoms with Gasteiger partial charge < -0.3 is 5.11 Å². The predicted octanol–water partition coefficient (Wildman–Crippen LogP) is 6.10. The van der Waals surface area contributed by atoms with Crippen molar-refractivity contribution >= 4 is 64.4 Å². The summed E-state index contributed by atoms with van der Waals surface area (Å²) in [5.74, 6) is 4.62. The van der Waals surface area contributed by atoms with Crippen molar-refractivity contribution in [3.05, 3.63) is 70.8 Å². The van der Waals surface area contributed by atoms with Crippen LogP contribution in [-0.4, -0.2) is 55.6 Å². The molecular formula is C26H30O4S4. The summed E-state index contributed by atoms with van der Waals surface area (Å²) < 4.78 is 0. The van der Waals surface area contributed by atoms with Gasteiger partial charge in [-0.3, -0.25) is 14.4 Å². The second kappa shape index (κ2) is 13.8. The Balaban J connectivity index is 0.000000191. The lowest BCUT2D eigenvalue weighted by Crippen LogP contribution is -2.22. The molecule has 2 heterocycles. The van der Waals surface area contributed by atoms with E-state index in [0.29, 0.717) is 17.0 Å². The molecule has 0 saturated carbocycles. The molecule has 4 nitrogen and oxygen atoms in total. The zero-order chi connectivity index (χ0) is 24.5. The normalized spacial score (nSPS) is 17.9. The van der Waals surface area contributed by atoms with E-state index in [2.05, 4.69) is 0 Å². The maximum atomic E-state index is 12.2. The van der Waals surface area contributed by atoms with Crippen molar-refractivity contribution in [2.24, 2.45) is 11.8 Å². The maximum Gasteiger partial charge on any atom is 0.167 e. The smallest absolute Gasteiger partial charge is 0.167 e. The van der Waals surface area contributed by atoms with Crippen LogP contribution >= 0.6 is 47.0 Å². The number of rotatable bonds is 6. The number of hydrogen-bond donors (Lipinski definition) is 1. The Morgan fingerprint density at radius 2 is 1.12 bits per heavy atom. The van der Waals surface area contributed by atoms with Gasteiger partial charge in [-0.2, -0.15) is 47.0 Å². The Morgan fingerprint density at radius 3 is 1.59 bits per heavy atom. The molecule has 4 rings (SSSR count). The van der Waals surface area contributed by atoms with Crippen LogP contribution in [-0.2, 0) is 0 Å². The number of aliphatic hydroxyl groups is 1. The van der Waals surface area contributed by atoms with Crippen molar-refractivity contribution in [2.45, 2.75) is 20.0 Å². The first kappa shape index (κ1) is 27.4. The average molecular weight is 535 g/mol. The van der Waals surface area contributed by atoms with E-state index in [1.165, 1.54) is 6.92 Å². The Kier molecular flexibility index (Phi) is 11.1. The van der Waals surface area contributed by atoms with Gasteiger partial charge in [-0.25, -0.2) is 0 Å². The van der Waals surface area contributed by atoms with Gasteiger partial charge in [-0.05, 0) is 19.4 Å². The molecule has 34 heavy (non-hydrogen) atoms. The quantitative estimate of drug-likeness (QED) is 0.446. The van der Waals surface area contributed by atoms with E-state index in [1.807, 2.05) is 59.2 Å². The molecule has 2 aliphatic heterocycles. The number of thioether (sulfide) groups is 4. The molecule has 1 N–H and O–H groups in total. The SMILES string of the molecule is CC(=O)c1ccc(C(=O)C2CSCSC2)cc1.CC(=O)c1ccc(C(O)C2CSCSC2)cc1. The lowest BCUT2D eigenvalue weighted by molar-refractivity contribution is 0.0941.